The van der Waals surface area contributed by atoms with Gasteiger partial charge in [-0.25, -0.2) is 9.78 Å². The van der Waals surface area contributed by atoms with Crippen molar-refractivity contribution < 1.29 is 14.6 Å². The zero-order valence-electron chi connectivity index (χ0n) is 15.5. The van der Waals surface area contributed by atoms with E-state index in [1.165, 1.54) is 0 Å². The summed E-state index contributed by atoms with van der Waals surface area (Å²) >= 11 is 0. The molecule has 136 valence electrons. The van der Waals surface area contributed by atoms with Gasteiger partial charge in [0.2, 0.25) is 0 Å². The molecule has 6 nitrogen and oxygen atoms in total. The molecule has 0 spiro atoms. The maximum atomic E-state index is 12.0. The van der Waals surface area contributed by atoms with E-state index in [0.717, 1.165) is 16.9 Å². The summed E-state index contributed by atoms with van der Waals surface area (Å²) in [5.41, 5.74) is 1.76. The number of aliphatic hydroxyl groups excluding tert-OH is 1. The van der Waals surface area contributed by atoms with Gasteiger partial charge in [-0.05, 0) is 52.3 Å². The van der Waals surface area contributed by atoms with Crippen LogP contribution in [0.1, 0.15) is 45.9 Å². The molecule has 0 saturated heterocycles. The quantitative estimate of drug-likeness (QED) is 0.872. The van der Waals surface area contributed by atoms with Crippen LogP contribution in [0.2, 0.25) is 0 Å². The normalized spacial score (nSPS) is 12.1. The summed E-state index contributed by atoms with van der Waals surface area (Å²) in [6.45, 7) is 9.43. The Balaban J connectivity index is 2.12. The van der Waals surface area contributed by atoms with Gasteiger partial charge in [-0.3, -0.25) is 0 Å². The van der Waals surface area contributed by atoms with E-state index >= 15 is 0 Å². The van der Waals surface area contributed by atoms with E-state index < -0.39 is 17.2 Å². The second kappa shape index (κ2) is 7.27. The fourth-order valence-electron chi connectivity index (χ4n) is 2.52. The lowest BCUT2D eigenvalue weighted by Gasteiger charge is -2.29. The minimum Gasteiger partial charge on any atom is -0.444 e. The van der Waals surface area contributed by atoms with Crippen molar-refractivity contribution in [3.8, 4) is 5.69 Å². The predicted octanol–water partition coefficient (Wildman–Crippen LogP) is 3.21. The molecule has 2 N–H and O–H groups in total. The number of nitrogens with zero attached hydrogens (tertiary/aromatic N) is 2. The van der Waals surface area contributed by atoms with Gasteiger partial charge < -0.3 is 19.7 Å². The maximum absolute atomic E-state index is 12.0. The Morgan fingerprint density at radius 1 is 1.20 bits per heavy atom. The van der Waals surface area contributed by atoms with E-state index in [2.05, 4.69) is 10.3 Å². The summed E-state index contributed by atoms with van der Waals surface area (Å²) in [5, 5.41) is 12.1. The number of ether oxygens (including phenoxy) is 1. The molecule has 6 heteroatoms. The highest BCUT2D eigenvalue weighted by atomic mass is 16.6. The molecule has 0 unspecified atom stereocenters. The summed E-state index contributed by atoms with van der Waals surface area (Å²) < 4.78 is 7.31. The first kappa shape index (κ1) is 19.0. The van der Waals surface area contributed by atoms with E-state index in [0.29, 0.717) is 6.42 Å². The number of carbonyl (C=O) groups is 1. The minimum atomic E-state index is -0.531. The molecule has 1 heterocycles. The number of amides is 1. The van der Waals surface area contributed by atoms with E-state index in [9.17, 15) is 4.79 Å². The van der Waals surface area contributed by atoms with Crippen LogP contribution >= 0.6 is 0 Å². The Morgan fingerprint density at radius 3 is 2.40 bits per heavy atom. The first-order valence-corrected chi connectivity index (χ1v) is 8.32. The smallest absolute Gasteiger partial charge is 0.408 e. The molecule has 25 heavy (non-hydrogen) atoms. The lowest BCUT2D eigenvalue weighted by Crippen LogP contribution is -2.47. The predicted molar refractivity (Wildman–Crippen MR) is 96.6 cm³/mol. The lowest BCUT2D eigenvalue weighted by molar-refractivity contribution is 0.0472. The average molecular weight is 345 g/mol. The molecule has 2 rings (SSSR count). The summed E-state index contributed by atoms with van der Waals surface area (Å²) in [6, 6.07) is 7.63. The van der Waals surface area contributed by atoms with Gasteiger partial charge in [0, 0.05) is 29.5 Å². The maximum Gasteiger partial charge on any atom is 0.408 e. The van der Waals surface area contributed by atoms with Gasteiger partial charge in [0.15, 0.2) is 0 Å². The average Bonchev–Trinajstić information content (AvgIpc) is 2.91. The molecule has 0 radical (unpaired) electrons. The largest absolute Gasteiger partial charge is 0.444 e. The fraction of sp³-hybridized carbons (Fsp3) is 0.474. The molecule has 0 aliphatic heterocycles. The Labute approximate surface area is 148 Å². The molecule has 0 saturated carbocycles. The minimum absolute atomic E-state index is 0.0178. The first-order valence-electron chi connectivity index (χ1n) is 8.32. The van der Waals surface area contributed by atoms with Crippen LogP contribution in [0.25, 0.3) is 5.69 Å². The third kappa shape index (κ3) is 5.60. The Hall–Kier alpha value is -2.34. The van der Waals surface area contributed by atoms with Gasteiger partial charge in [0.05, 0.1) is 12.9 Å². The molecule has 0 aliphatic carbocycles. The third-order valence-corrected chi connectivity index (χ3v) is 3.57. The number of rotatable bonds is 5. The molecule has 1 amide bonds. The number of nitrogens with one attached hydrogen (secondary N) is 1. The topological polar surface area (TPSA) is 76.4 Å². The van der Waals surface area contributed by atoms with Gasteiger partial charge in [0.1, 0.15) is 5.60 Å². The molecule has 2 aromatic rings. The third-order valence-electron chi connectivity index (χ3n) is 3.57. The highest BCUT2D eigenvalue weighted by Crippen LogP contribution is 2.18. The molecular formula is C19H27N3O3. The van der Waals surface area contributed by atoms with Crippen LogP contribution in [0, 0.1) is 0 Å². The van der Waals surface area contributed by atoms with Crippen LogP contribution < -0.4 is 5.32 Å². The van der Waals surface area contributed by atoms with Gasteiger partial charge >= 0.3 is 6.09 Å². The Kier molecular flexibility index (Phi) is 5.52. The van der Waals surface area contributed by atoms with Crippen LogP contribution in [0.3, 0.4) is 0 Å². The molecule has 0 aliphatic rings. The zero-order valence-corrected chi connectivity index (χ0v) is 15.5. The van der Waals surface area contributed by atoms with Crippen molar-refractivity contribution >= 4 is 6.09 Å². The van der Waals surface area contributed by atoms with Crippen LogP contribution in [0.15, 0.2) is 36.8 Å². The van der Waals surface area contributed by atoms with Crippen LogP contribution in [-0.4, -0.2) is 31.9 Å². The number of hydrogen-bond donors (Lipinski definition) is 2. The highest BCUT2D eigenvalue weighted by molar-refractivity contribution is 5.68. The molecule has 0 bridgehead atoms. The van der Waals surface area contributed by atoms with Crippen molar-refractivity contribution in [3.63, 3.8) is 0 Å². The van der Waals surface area contributed by atoms with E-state index in [1.807, 2.05) is 63.5 Å². The van der Waals surface area contributed by atoms with Crippen LogP contribution in [0.4, 0.5) is 4.79 Å². The first-order chi connectivity index (χ1) is 11.6. The van der Waals surface area contributed by atoms with Gasteiger partial charge in [-0.15, -0.1) is 0 Å². The second-order valence-electron chi connectivity index (χ2n) is 7.77. The van der Waals surface area contributed by atoms with Crippen LogP contribution in [0.5, 0.6) is 0 Å². The lowest BCUT2D eigenvalue weighted by atomic mass is 9.99. The second-order valence-corrected chi connectivity index (χ2v) is 7.77. The summed E-state index contributed by atoms with van der Waals surface area (Å²) in [7, 11) is 0. The standard InChI is InChI=1S/C19H27N3O3/c1-18(2,3)25-17(24)21-19(4,5)10-16-11-20-13-22(16)15-8-6-14(12-23)7-9-15/h6-9,11,13,23H,10,12H2,1-5H3,(H,21,24). The van der Waals surface area contributed by atoms with E-state index in [4.69, 9.17) is 9.84 Å². The Morgan fingerprint density at radius 2 is 1.84 bits per heavy atom. The number of carbonyl (C=O) groups excluding carboxylic acids is 1. The molecule has 1 aromatic heterocycles. The number of imidazole rings is 1. The molecular weight excluding hydrogens is 318 g/mol. The Bertz CT molecular complexity index is 712. The van der Waals surface area contributed by atoms with Crippen molar-refractivity contribution in [2.75, 3.05) is 0 Å². The van der Waals surface area contributed by atoms with Gasteiger partial charge in [-0.1, -0.05) is 12.1 Å². The monoisotopic (exact) mass is 345 g/mol. The summed E-state index contributed by atoms with van der Waals surface area (Å²) in [6.07, 6.45) is 3.69. The number of alkyl carbamates (subject to hydrolysis) is 1. The zero-order chi connectivity index (χ0) is 18.7. The fourth-order valence-corrected chi connectivity index (χ4v) is 2.52. The molecule has 1 aromatic carbocycles. The van der Waals surface area contributed by atoms with Gasteiger partial charge in [0.25, 0.3) is 0 Å². The van der Waals surface area contributed by atoms with E-state index in [-0.39, 0.29) is 6.61 Å². The van der Waals surface area contributed by atoms with Crippen molar-refractivity contribution in [1.82, 2.24) is 14.9 Å². The van der Waals surface area contributed by atoms with Gasteiger partial charge in [-0.2, -0.15) is 0 Å². The SMILES string of the molecule is CC(C)(Cc1cncn1-c1ccc(CO)cc1)NC(=O)OC(C)(C)C. The number of aliphatic hydroxyl groups is 1. The number of aromatic nitrogens is 2. The molecule has 0 atom stereocenters. The number of benzene rings is 1. The summed E-state index contributed by atoms with van der Waals surface area (Å²) in [4.78, 5) is 16.3. The van der Waals surface area contributed by atoms with Crippen molar-refractivity contribution in [1.29, 1.82) is 0 Å². The van der Waals surface area contributed by atoms with Crippen molar-refractivity contribution in [3.05, 3.63) is 48.0 Å². The number of hydrogen-bond acceptors (Lipinski definition) is 4. The molecule has 0 fully saturated rings. The van der Waals surface area contributed by atoms with Crippen molar-refractivity contribution in [2.24, 2.45) is 0 Å². The van der Waals surface area contributed by atoms with Crippen LogP contribution in [-0.2, 0) is 17.8 Å². The highest BCUT2D eigenvalue weighted by Gasteiger charge is 2.26. The summed E-state index contributed by atoms with van der Waals surface area (Å²) in [5.74, 6) is 0. The van der Waals surface area contributed by atoms with Crippen molar-refractivity contribution in [2.45, 2.75) is 58.8 Å². The van der Waals surface area contributed by atoms with E-state index in [1.54, 1.807) is 12.5 Å².